The molecule has 0 bridgehead atoms. The number of carbonyl (C=O) groups is 3. The van der Waals surface area contributed by atoms with Crippen molar-refractivity contribution in [2.45, 2.75) is 12.5 Å². The molecule has 1 atom stereocenters. The summed E-state index contributed by atoms with van der Waals surface area (Å²) in [5.41, 5.74) is 4.93. The highest BCUT2D eigenvalue weighted by atomic mass is 16.4. The Bertz CT molecular complexity index is 299. The van der Waals surface area contributed by atoms with Crippen molar-refractivity contribution in [3.8, 4) is 0 Å². The molecule has 0 heterocycles. The molecule has 0 saturated carbocycles. The van der Waals surface area contributed by atoms with Crippen LogP contribution >= 0.6 is 0 Å². The summed E-state index contributed by atoms with van der Waals surface area (Å²) >= 11 is 0. The molecule has 0 aromatic heterocycles. The summed E-state index contributed by atoms with van der Waals surface area (Å²) < 4.78 is 0. The molecule has 10 nitrogen and oxygen atoms in total. The van der Waals surface area contributed by atoms with Gasteiger partial charge >= 0.3 is 17.9 Å². The van der Waals surface area contributed by atoms with Gasteiger partial charge in [-0.3, -0.25) is 15.0 Å². The SMILES string of the molecule is CN(CC(=O)O)C(=N)N.O=C(O)CC(O)C(=O)O. The van der Waals surface area contributed by atoms with Gasteiger partial charge in [-0.1, -0.05) is 0 Å². The van der Waals surface area contributed by atoms with E-state index >= 15 is 0 Å². The largest absolute Gasteiger partial charge is 0.481 e. The fraction of sp³-hybridized carbons (Fsp3) is 0.500. The maximum absolute atomic E-state index is 9.92. The highest BCUT2D eigenvalue weighted by molar-refractivity contribution is 5.80. The van der Waals surface area contributed by atoms with Crippen LogP contribution in [-0.2, 0) is 14.4 Å². The molecule has 1 unspecified atom stereocenters. The van der Waals surface area contributed by atoms with Crippen LogP contribution in [0.4, 0.5) is 0 Å². The number of carboxylic acid groups (broad SMARTS) is 3. The smallest absolute Gasteiger partial charge is 0.333 e. The van der Waals surface area contributed by atoms with E-state index in [1.54, 1.807) is 0 Å². The summed E-state index contributed by atoms with van der Waals surface area (Å²) in [5.74, 6) is -4.08. The van der Waals surface area contributed by atoms with Crippen LogP contribution in [-0.4, -0.2) is 68.9 Å². The predicted molar refractivity (Wildman–Crippen MR) is 58.1 cm³/mol. The summed E-state index contributed by atoms with van der Waals surface area (Å²) in [6, 6.07) is 0. The zero-order chi connectivity index (χ0) is 14.9. The lowest BCUT2D eigenvalue weighted by molar-refractivity contribution is -0.152. The van der Waals surface area contributed by atoms with E-state index in [1.165, 1.54) is 7.05 Å². The van der Waals surface area contributed by atoms with E-state index < -0.39 is 30.4 Å². The Balaban J connectivity index is 0. The first-order chi connectivity index (χ1) is 8.07. The molecule has 10 heteroatoms. The first kappa shape index (κ1) is 18.0. The topological polar surface area (TPSA) is 185 Å². The number of carboxylic acids is 3. The van der Waals surface area contributed by atoms with Crippen LogP contribution in [0.2, 0.25) is 0 Å². The molecule has 104 valence electrons. The molecule has 0 aromatic carbocycles. The average Bonchev–Trinajstić information content (AvgIpc) is 2.16. The Morgan fingerprint density at radius 3 is 1.78 bits per heavy atom. The van der Waals surface area contributed by atoms with Gasteiger partial charge in [-0.25, -0.2) is 4.79 Å². The van der Waals surface area contributed by atoms with Crippen LogP contribution in [0.15, 0.2) is 0 Å². The van der Waals surface area contributed by atoms with Crippen molar-refractivity contribution in [3.63, 3.8) is 0 Å². The zero-order valence-electron chi connectivity index (χ0n) is 9.53. The zero-order valence-corrected chi connectivity index (χ0v) is 9.53. The highest BCUT2D eigenvalue weighted by Crippen LogP contribution is 1.89. The van der Waals surface area contributed by atoms with Gasteiger partial charge in [-0.05, 0) is 0 Å². The maximum atomic E-state index is 9.92. The van der Waals surface area contributed by atoms with Gasteiger partial charge in [0, 0.05) is 7.05 Å². The molecule has 18 heavy (non-hydrogen) atoms. The molecular weight excluding hydrogens is 250 g/mol. The van der Waals surface area contributed by atoms with Crippen molar-refractivity contribution in [2.24, 2.45) is 5.73 Å². The number of hydrogen-bond acceptors (Lipinski definition) is 5. The number of likely N-dealkylation sites (N-methyl/N-ethyl adjacent to an activating group) is 1. The van der Waals surface area contributed by atoms with Crippen LogP contribution < -0.4 is 5.73 Å². The van der Waals surface area contributed by atoms with Gasteiger partial charge in [0.05, 0.1) is 6.42 Å². The minimum absolute atomic E-state index is 0.227. The van der Waals surface area contributed by atoms with Crippen molar-refractivity contribution >= 4 is 23.9 Å². The lowest BCUT2D eigenvalue weighted by Crippen LogP contribution is -2.36. The van der Waals surface area contributed by atoms with E-state index in [2.05, 4.69) is 0 Å². The molecule has 0 aliphatic heterocycles. The summed E-state index contributed by atoms with van der Waals surface area (Å²) in [5, 5.41) is 39.0. The second kappa shape index (κ2) is 8.75. The normalized spacial score (nSPS) is 10.6. The molecule has 0 aliphatic carbocycles. The Kier molecular flexibility index (Phi) is 8.76. The average molecular weight is 265 g/mol. The predicted octanol–water partition coefficient (Wildman–Crippen LogP) is -2.20. The number of rotatable bonds is 5. The van der Waals surface area contributed by atoms with E-state index in [1.807, 2.05) is 0 Å². The quantitative estimate of drug-likeness (QED) is 0.237. The van der Waals surface area contributed by atoms with Crippen molar-refractivity contribution in [1.82, 2.24) is 4.90 Å². The minimum atomic E-state index is -1.79. The number of aliphatic carboxylic acids is 3. The van der Waals surface area contributed by atoms with E-state index in [4.69, 9.17) is 31.6 Å². The molecular formula is C8H15N3O7. The van der Waals surface area contributed by atoms with Crippen LogP contribution in [0.25, 0.3) is 0 Å². The van der Waals surface area contributed by atoms with Gasteiger partial charge in [0.2, 0.25) is 0 Å². The van der Waals surface area contributed by atoms with Gasteiger partial charge in [0.25, 0.3) is 0 Å². The molecule has 7 N–H and O–H groups in total. The summed E-state index contributed by atoms with van der Waals surface area (Å²) in [6.45, 7) is -0.227. The second-order valence-electron chi connectivity index (χ2n) is 3.09. The van der Waals surface area contributed by atoms with E-state index in [0.717, 1.165) is 4.90 Å². The molecule has 0 spiro atoms. The number of aliphatic hydroxyl groups is 1. The fourth-order valence-electron chi connectivity index (χ4n) is 0.541. The summed E-state index contributed by atoms with van der Waals surface area (Å²) in [6.07, 6.45) is -2.54. The van der Waals surface area contributed by atoms with Crippen LogP contribution in [0.3, 0.4) is 0 Å². The lowest BCUT2D eigenvalue weighted by Gasteiger charge is -2.12. The Hall–Kier alpha value is -2.36. The standard InChI is InChI=1S/C4H9N3O2.C4H6O5/c1-7(4(5)6)2-3(8)9;5-2(4(8)9)1-3(6)7/h2H2,1H3,(H3,5,6)(H,8,9);2,5H,1H2,(H,6,7)(H,8,9). The van der Waals surface area contributed by atoms with Crippen molar-refractivity contribution in [2.75, 3.05) is 13.6 Å². The van der Waals surface area contributed by atoms with Gasteiger partial charge in [-0.2, -0.15) is 0 Å². The molecule has 0 amide bonds. The van der Waals surface area contributed by atoms with Crippen molar-refractivity contribution < 1.29 is 34.8 Å². The maximum Gasteiger partial charge on any atom is 0.333 e. The molecule has 0 aromatic rings. The minimum Gasteiger partial charge on any atom is -0.481 e. The van der Waals surface area contributed by atoms with E-state index in [9.17, 15) is 14.4 Å². The number of hydrogen-bond donors (Lipinski definition) is 6. The van der Waals surface area contributed by atoms with Gasteiger partial charge in [-0.15, -0.1) is 0 Å². The first-order valence-corrected chi connectivity index (χ1v) is 4.47. The third-order valence-corrected chi connectivity index (χ3v) is 1.44. The summed E-state index contributed by atoms with van der Waals surface area (Å²) in [4.78, 5) is 30.5. The van der Waals surface area contributed by atoms with Gasteiger partial charge in [0.15, 0.2) is 12.1 Å². The third-order valence-electron chi connectivity index (χ3n) is 1.44. The van der Waals surface area contributed by atoms with Crippen molar-refractivity contribution in [3.05, 3.63) is 0 Å². The molecule has 0 fully saturated rings. The van der Waals surface area contributed by atoms with Crippen LogP contribution in [0.1, 0.15) is 6.42 Å². The Morgan fingerprint density at radius 1 is 1.22 bits per heavy atom. The molecule has 0 aliphatic rings. The van der Waals surface area contributed by atoms with Crippen molar-refractivity contribution in [1.29, 1.82) is 5.41 Å². The fourth-order valence-corrected chi connectivity index (χ4v) is 0.541. The third kappa shape index (κ3) is 11.7. The van der Waals surface area contributed by atoms with E-state index in [-0.39, 0.29) is 12.5 Å². The molecule has 0 radical (unpaired) electrons. The van der Waals surface area contributed by atoms with E-state index in [0.29, 0.717) is 0 Å². The second-order valence-corrected chi connectivity index (χ2v) is 3.09. The number of nitrogens with two attached hydrogens (primary N) is 1. The number of guanidine groups is 1. The van der Waals surface area contributed by atoms with Crippen LogP contribution in [0.5, 0.6) is 0 Å². The number of aliphatic hydroxyl groups excluding tert-OH is 1. The monoisotopic (exact) mass is 265 g/mol. The van der Waals surface area contributed by atoms with Crippen LogP contribution in [0, 0.1) is 5.41 Å². The highest BCUT2D eigenvalue weighted by Gasteiger charge is 2.16. The van der Waals surface area contributed by atoms with Gasteiger partial charge in [0.1, 0.15) is 6.54 Å². The molecule has 0 saturated heterocycles. The Morgan fingerprint density at radius 2 is 1.67 bits per heavy atom. The Labute approximate surface area is 102 Å². The molecule has 0 rings (SSSR count). The first-order valence-electron chi connectivity index (χ1n) is 4.47. The summed E-state index contributed by atoms with van der Waals surface area (Å²) in [7, 11) is 1.44. The number of nitrogens with zero attached hydrogens (tertiary/aromatic N) is 1. The van der Waals surface area contributed by atoms with Gasteiger partial charge < -0.3 is 31.1 Å². The lowest BCUT2D eigenvalue weighted by atomic mass is 10.3. The number of nitrogens with one attached hydrogen (secondary N) is 1.